The number of nitrogens with one attached hydrogen (secondary N) is 1. The molecule has 0 spiro atoms. The van der Waals surface area contributed by atoms with E-state index in [0.29, 0.717) is 6.54 Å². The maximum absolute atomic E-state index is 11.9. The quantitative estimate of drug-likeness (QED) is 0.859. The second kappa shape index (κ2) is 4.37. The number of ether oxygens (including phenoxy) is 1. The van der Waals surface area contributed by atoms with Crippen molar-refractivity contribution in [3.63, 3.8) is 0 Å². The van der Waals surface area contributed by atoms with Crippen LogP contribution in [0.25, 0.3) is 11.0 Å². The van der Waals surface area contributed by atoms with Crippen molar-refractivity contribution in [1.82, 2.24) is 9.55 Å². The van der Waals surface area contributed by atoms with E-state index >= 15 is 0 Å². The molecule has 1 fully saturated rings. The lowest BCUT2D eigenvalue weighted by atomic mass is 10.1. The molecular formula is C13H16N2O2. The third-order valence-electron chi connectivity index (χ3n) is 3.34. The van der Waals surface area contributed by atoms with Gasteiger partial charge in [0, 0.05) is 6.61 Å². The summed E-state index contributed by atoms with van der Waals surface area (Å²) in [5.74, 6) is 0. The zero-order valence-electron chi connectivity index (χ0n) is 9.69. The van der Waals surface area contributed by atoms with E-state index in [4.69, 9.17) is 4.74 Å². The summed E-state index contributed by atoms with van der Waals surface area (Å²) in [6.45, 7) is 1.48. The van der Waals surface area contributed by atoms with E-state index < -0.39 is 0 Å². The third-order valence-corrected chi connectivity index (χ3v) is 3.34. The summed E-state index contributed by atoms with van der Waals surface area (Å²) < 4.78 is 7.46. The van der Waals surface area contributed by atoms with Crippen LogP contribution < -0.4 is 5.69 Å². The SMILES string of the molecule is O=c1[nH]c2ccccc2n1CC1CCCCO1. The average Bonchev–Trinajstić information content (AvgIpc) is 2.68. The Morgan fingerprint density at radius 3 is 3.06 bits per heavy atom. The van der Waals surface area contributed by atoms with Gasteiger partial charge >= 0.3 is 5.69 Å². The summed E-state index contributed by atoms with van der Waals surface area (Å²) in [7, 11) is 0. The zero-order chi connectivity index (χ0) is 11.7. The topological polar surface area (TPSA) is 47.0 Å². The number of hydrogen-bond donors (Lipinski definition) is 1. The Hall–Kier alpha value is -1.55. The van der Waals surface area contributed by atoms with Gasteiger partial charge in [0.05, 0.1) is 23.7 Å². The molecule has 17 heavy (non-hydrogen) atoms. The highest BCUT2D eigenvalue weighted by Crippen LogP contribution is 2.16. The van der Waals surface area contributed by atoms with E-state index in [9.17, 15) is 4.79 Å². The zero-order valence-corrected chi connectivity index (χ0v) is 9.69. The molecule has 1 saturated heterocycles. The normalized spacial score (nSPS) is 20.8. The first kappa shape index (κ1) is 10.6. The molecule has 3 rings (SSSR count). The molecule has 90 valence electrons. The third kappa shape index (κ3) is 2.00. The van der Waals surface area contributed by atoms with E-state index in [-0.39, 0.29) is 11.8 Å². The highest BCUT2D eigenvalue weighted by Gasteiger charge is 2.16. The number of aromatic nitrogens is 2. The van der Waals surface area contributed by atoms with Crippen molar-refractivity contribution in [2.75, 3.05) is 6.61 Å². The van der Waals surface area contributed by atoms with Crippen molar-refractivity contribution in [2.45, 2.75) is 31.9 Å². The van der Waals surface area contributed by atoms with E-state index in [1.165, 1.54) is 6.42 Å². The maximum Gasteiger partial charge on any atom is 0.326 e. The first-order chi connectivity index (χ1) is 8.34. The van der Waals surface area contributed by atoms with Gasteiger partial charge < -0.3 is 9.72 Å². The average molecular weight is 232 g/mol. The summed E-state index contributed by atoms with van der Waals surface area (Å²) in [6, 6.07) is 7.78. The Labute approximate surface area is 99.2 Å². The van der Waals surface area contributed by atoms with Gasteiger partial charge in [-0.15, -0.1) is 0 Å². The Kier molecular flexibility index (Phi) is 2.73. The van der Waals surface area contributed by atoms with Gasteiger partial charge in [-0.1, -0.05) is 12.1 Å². The van der Waals surface area contributed by atoms with Gasteiger partial charge in [-0.3, -0.25) is 4.57 Å². The Bertz CT molecular complexity index is 564. The molecule has 1 N–H and O–H groups in total. The predicted molar refractivity (Wildman–Crippen MR) is 66.1 cm³/mol. The molecule has 2 aromatic rings. The van der Waals surface area contributed by atoms with E-state index in [2.05, 4.69) is 4.98 Å². The number of fused-ring (bicyclic) bond motifs is 1. The van der Waals surface area contributed by atoms with Gasteiger partial charge in [0.2, 0.25) is 0 Å². The minimum Gasteiger partial charge on any atom is -0.376 e. The second-order valence-corrected chi connectivity index (χ2v) is 4.55. The van der Waals surface area contributed by atoms with Crippen molar-refractivity contribution in [3.8, 4) is 0 Å². The largest absolute Gasteiger partial charge is 0.376 e. The van der Waals surface area contributed by atoms with E-state index in [1.807, 2.05) is 24.3 Å². The van der Waals surface area contributed by atoms with Crippen LogP contribution in [0.4, 0.5) is 0 Å². The van der Waals surface area contributed by atoms with Crippen LogP contribution in [0.1, 0.15) is 19.3 Å². The maximum atomic E-state index is 11.9. The molecule has 0 radical (unpaired) electrons. The first-order valence-corrected chi connectivity index (χ1v) is 6.14. The molecule has 0 aliphatic carbocycles. The Morgan fingerprint density at radius 2 is 2.24 bits per heavy atom. The summed E-state index contributed by atoms with van der Waals surface area (Å²) in [6.07, 6.45) is 3.56. The second-order valence-electron chi connectivity index (χ2n) is 4.55. The summed E-state index contributed by atoms with van der Waals surface area (Å²) in [5, 5.41) is 0. The van der Waals surface area contributed by atoms with Gasteiger partial charge in [0.15, 0.2) is 0 Å². The highest BCUT2D eigenvalue weighted by atomic mass is 16.5. The molecular weight excluding hydrogens is 216 g/mol. The summed E-state index contributed by atoms with van der Waals surface area (Å²) in [4.78, 5) is 14.7. The summed E-state index contributed by atoms with van der Waals surface area (Å²) in [5.41, 5.74) is 1.82. The van der Waals surface area contributed by atoms with Crippen LogP contribution in [0.3, 0.4) is 0 Å². The predicted octanol–water partition coefficient (Wildman–Crippen LogP) is 1.90. The number of H-pyrrole nitrogens is 1. The molecule has 0 saturated carbocycles. The monoisotopic (exact) mass is 232 g/mol. The molecule has 1 unspecified atom stereocenters. The molecule has 0 bridgehead atoms. The van der Waals surface area contributed by atoms with Crippen molar-refractivity contribution < 1.29 is 4.74 Å². The molecule has 0 amide bonds. The van der Waals surface area contributed by atoms with Crippen molar-refractivity contribution in [1.29, 1.82) is 0 Å². The molecule has 1 aromatic heterocycles. The van der Waals surface area contributed by atoms with Crippen LogP contribution in [0.5, 0.6) is 0 Å². The molecule has 1 aliphatic rings. The van der Waals surface area contributed by atoms with E-state index in [1.54, 1.807) is 4.57 Å². The number of benzene rings is 1. The van der Waals surface area contributed by atoms with Gasteiger partial charge in [-0.2, -0.15) is 0 Å². The minimum absolute atomic E-state index is 0.0413. The van der Waals surface area contributed by atoms with E-state index in [0.717, 1.165) is 30.5 Å². The lowest BCUT2D eigenvalue weighted by molar-refractivity contribution is 0.00613. The van der Waals surface area contributed by atoms with Crippen LogP contribution in [-0.4, -0.2) is 22.3 Å². The lowest BCUT2D eigenvalue weighted by Gasteiger charge is -2.22. The van der Waals surface area contributed by atoms with Crippen LogP contribution in [0, 0.1) is 0 Å². The van der Waals surface area contributed by atoms with Gasteiger partial charge in [-0.05, 0) is 31.4 Å². The smallest absolute Gasteiger partial charge is 0.326 e. The van der Waals surface area contributed by atoms with Crippen molar-refractivity contribution in [3.05, 3.63) is 34.7 Å². The number of aromatic amines is 1. The van der Waals surface area contributed by atoms with Gasteiger partial charge in [0.25, 0.3) is 0 Å². The number of hydrogen-bond acceptors (Lipinski definition) is 2. The fourth-order valence-corrected chi connectivity index (χ4v) is 2.44. The van der Waals surface area contributed by atoms with Crippen molar-refractivity contribution in [2.24, 2.45) is 0 Å². The summed E-state index contributed by atoms with van der Waals surface area (Å²) >= 11 is 0. The lowest BCUT2D eigenvalue weighted by Crippen LogP contribution is -2.29. The standard InChI is InChI=1S/C13H16N2O2/c16-13-14-11-6-1-2-7-12(11)15(13)9-10-5-3-4-8-17-10/h1-2,6-7,10H,3-5,8-9H2,(H,14,16). The van der Waals surface area contributed by atoms with Crippen LogP contribution in [-0.2, 0) is 11.3 Å². The number of rotatable bonds is 2. The molecule has 1 atom stereocenters. The Balaban J connectivity index is 1.93. The molecule has 4 nitrogen and oxygen atoms in total. The van der Waals surface area contributed by atoms with Gasteiger partial charge in [0.1, 0.15) is 0 Å². The van der Waals surface area contributed by atoms with Crippen LogP contribution >= 0.6 is 0 Å². The number of imidazole rings is 1. The highest BCUT2D eigenvalue weighted by molar-refractivity contribution is 5.74. The van der Waals surface area contributed by atoms with Crippen LogP contribution in [0.15, 0.2) is 29.1 Å². The fourth-order valence-electron chi connectivity index (χ4n) is 2.44. The minimum atomic E-state index is -0.0413. The molecule has 4 heteroatoms. The molecule has 1 aliphatic heterocycles. The van der Waals surface area contributed by atoms with Crippen molar-refractivity contribution >= 4 is 11.0 Å². The fraction of sp³-hybridized carbons (Fsp3) is 0.462. The van der Waals surface area contributed by atoms with Crippen LogP contribution in [0.2, 0.25) is 0 Å². The molecule has 1 aromatic carbocycles. The molecule has 2 heterocycles. The number of nitrogens with zero attached hydrogens (tertiary/aromatic N) is 1. The Morgan fingerprint density at radius 1 is 1.35 bits per heavy atom. The number of para-hydroxylation sites is 2. The van der Waals surface area contributed by atoms with Gasteiger partial charge in [-0.25, -0.2) is 4.79 Å². The first-order valence-electron chi connectivity index (χ1n) is 6.14.